The molecule has 0 atom stereocenters. The summed E-state index contributed by atoms with van der Waals surface area (Å²) in [6.07, 6.45) is 23.7. The highest BCUT2D eigenvalue weighted by molar-refractivity contribution is 7.75. The molecule has 26 heavy (non-hydrogen) atoms. The second-order valence-corrected chi connectivity index (χ2v) is 20.4. The summed E-state index contributed by atoms with van der Waals surface area (Å²) in [5.41, 5.74) is 0. The quantitative estimate of drug-likeness (QED) is 0.103. The third-order valence-corrected chi connectivity index (χ3v) is 12.8. The molecule has 0 amide bonds. The van der Waals surface area contributed by atoms with Crippen molar-refractivity contribution in [2.45, 2.75) is 117 Å². The fourth-order valence-electron chi connectivity index (χ4n) is 3.85. The van der Waals surface area contributed by atoms with E-state index in [9.17, 15) is 0 Å². The van der Waals surface area contributed by atoms with Crippen LogP contribution in [0.25, 0.3) is 0 Å². The molecular formula is C22H49Cl2PSi. The molecule has 160 valence electrons. The summed E-state index contributed by atoms with van der Waals surface area (Å²) in [7, 11) is -1.96. The molecule has 0 N–H and O–H groups in total. The van der Waals surface area contributed by atoms with Gasteiger partial charge in [0.2, 0.25) is 0 Å². The van der Waals surface area contributed by atoms with Crippen LogP contribution in [0, 0.1) is 0 Å². The minimum absolute atomic E-state index is 0. The average molecular weight is 444 g/mol. The van der Waals surface area contributed by atoms with Crippen molar-refractivity contribution in [1.82, 2.24) is 0 Å². The standard InChI is InChI=1S/C22H49ClPSi.ClH/c1-6-9-18-24(19-10-7-2,20-11-8-3)21-16-14-12-13-15-17-22-25(4,5)23;/h6-22H2,1-5H3;1H/q+1;/p-1. The minimum Gasteiger partial charge on any atom is -1.00 e. The predicted octanol–water partition coefficient (Wildman–Crippen LogP) is 6.19. The fraction of sp³-hybridized carbons (Fsp3) is 1.00. The van der Waals surface area contributed by atoms with Crippen LogP contribution >= 0.6 is 18.3 Å². The number of hydrogen-bond donors (Lipinski definition) is 0. The van der Waals surface area contributed by atoms with E-state index in [2.05, 4.69) is 33.9 Å². The summed E-state index contributed by atoms with van der Waals surface area (Å²) >= 11 is 6.41. The van der Waals surface area contributed by atoms with Gasteiger partial charge in [0.25, 0.3) is 0 Å². The highest BCUT2D eigenvalue weighted by Crippen LogP contribution is 2.61. The van der Waals surface area contributed by atoms with Crippen molar-refractivity contribution in [3.8, 4) is 0 Å². The second kappa shape index (κ2) is 18.3. The van der Waals surface area contributed by atoms with Gasteiger partial charge in [0.15, 0.2) is 0 Å². The number of rotatable bonds is 18. The van der Waals surface area contributed by atoms with E-state index in [0.717, 1.165) is 0 Å². The van der Waals surface area contributed by atoms with Crippen molar-refractivity contribution in [2.75, 3.05) is 24.6 Å². The number of hydrogen-bond acceptors (Lipinski definition) is 0. The van der Waals surface area contributed by atoms with Crippen molar-refractivity contribution in [2.24, 2.45) is 0 Å². The van der Waals surface area contributed by atoms with Gasteiger partial charge in [0.05, 0.1) is 24.6 Å². The molecule has 0 aromatic carbocycles. The lowest BCUT2D eigenvalue weighted by molar-refractivity contribution is -0.00000580. The zero-order chi connectivity index (χ0) is 19.0. The molecule has 0 aliphatic heterocycles. The maximum Gasteiger partial charge on any atom is 0.150 e. The highest BCUT2D eigenvalue weighted by Gasteiger charge is 2.34. The molecule has 0 spiro atoms. The Bertz CT molecular complexity index is 271. The van der Waals surface area contributed by atoms with Crippen molar-refractivity contribution in [3.05, 3.63) is 0 Å². The van der Waals surface area contributed by atoms with Gasteiger partial charge in [-0.15, -0.1) is 0 Å². The molecule has 0 saturated carbocycles. The van der Waals surface area contributed by atoms with Crippen LogP contribution in [0.4, 0.5) is 0 Å². The SMILES string of the molecule is CCCC[P+](CCCC)(CCCC)CCCCCCCC[Si](C)(C)Cl.[Cl-]. The van der Waals surface area contributed by atoms with Gasteiger partial charge in [-0.2, -0.15) is 11.1 Å². The Labute approximate surface area is 179 Å². The van der Waals surface area contributed by atoms with E-state index in [-0.39, 0.29) is 12.4 Å². The molecular weight excluding hydrogens is 394 g/mol. The summed E-state index contributed by atoms with van der Waals surface area (Å²) in [5.74, 6) is 0. The molecule has 0 fully saturated rings. The van der Waals surface area contributed by atoms with Gasteiger partial charge in [-0.05, 0) is 38.1 Å². The highest BCUT2D eigenvalue weighted by atomic mass is 35.6. The first kappa shape index (κ1) is 29.4. The smallest absolute Gasteiger partial charge is 0.150 e. The van der Waals surface area contributed by atoms with E-state index < -0.39 is 14.6 Å². The fourth-order valence-corrected chi connectivity index (χ4v) is 10.5. The molecule has 0 aliphatic carbocycles. The minimum atomic E-state index is -1.32. The Balaban J connectivity index is 0. The molecule has 0 radical (unpaired) electrons. The van der Waals surface area contributed by atoms with Gasteiger partial charge in [0, 0.05) is 7.26 Å². The van der Waals surface area contributed by atoms with Crippen LogP contribution in [0.15, 0.2) is 0 Å². The van der Waals surface area contributed by atoms with Crippen LogP contribution in [0.3, 0.4) is 0 Å². The van der Waals surface area contributed by atoms with Crippen LogP contribution in [0.5, 0.6) is 0 Å². The van der Waals surface area contributed by atoms with Crippen LogP contribution in [0.1, 0.15) is 97.8 Å². The van der Waals surface area contributed by atoms with E-state index in [0.29, 0.717) is 0 Å². The lowest BCUT2D eigenvalue weighted by atomic mass is 10.1. The molecule has 0 nitrogen and oxygen atoms in total. The van der Waals surface area contributed by atoms with Gasteiger partial charge >= 0.3 is 0 Å². The first-order valence-electron chi connectivity index (χ1n) is 11.4. The summed E-state index contributed by atoms with van der Waals surface area (Å²) in [5, 5.41) is 0. The third-order valence-electron chi connectivity index (χ3n) is 5.61. The van der Waals surface area contributed by atoms with Crippen molar-refractivity contribution < 1.29 is 12.4 Å². The predicted molar refractivity (Wildman–Crippen MR) is 127 cm³/mol. The Hall–Kier alpha value is 1.23. The monoisotopic (exact) mass is 442 g/mol. The van der Waals surface area contributed by atoms with E-state index in [1.54, 1.807) is 24.6 Å². The summed E-state index contributed by atoms with van der Waals surface area (Å²) in [4.78, 5) is 0. The van der Waals surface area contributed by atoms with Gasteiger partial charge in [-0.1, -0.05) is 78.8 Å². The van der Waals surface area contributed by atoms with Crippen LogP contribution in [-0.4, -0.2) is 32.0 Å². The Morgan fingerprint density at radius 1 is 0.577 bits per heavy atom. The Morgan fingerprint density at radius 3 is 1.31 bits per heavy atom. The molecule has 4 heteroatoms. The van der Waals surface area contributed by atoms with Crippen LogP contribution < -0.4 is 12.4 Å². The maximum atomic E-state index is 6.41. The topological polar surface area (TPSA) is 0 Å². The molecule has 0 rings (SSSR count). The van der Waals surface area contributed by atoms with Gasteiger partial charge in [-0.25, -0.2) is 0 Å². The zero-order valence-electron chi connectivity index (χ0n) is 18.7. The third kappa shape index (κ3) is 17.3. The molecule has 0 unspecified atom stereocenters. The maximum absolute atomic E-state index is 6.41. The van der Waals surface area contributed by atoms with E-state index in [1.807, 2.05) is 0 Å². The largest absolute Gasteiger partial charge is 1.00 e. The van der Waals surface area contributed by atoms with Crippen LogP contribution in [0.2, 0.25) is 19.1 Å². The Kier molecular flexibility index (Phi) is 20.7. The summed E-state index contributed by atoms with van der Waals surface area (Å²) < 4.78 is 0. The van der Waals surface area contributed by atoms with E-state index in [1.165, 1.54) is 83.1 Å². The summed E-state index contributed by atoms with van der Waals surface area (Å²) in [6, 6.07) is 1.30. The molecule has 0 aromatic rings. The molecule has 0 bridgehead atoms. The number of unbranched alkanes of at least 4 members (excludes halogenated alkanes) is 8. The Morgan fingerprint density at radius 2 is 0.923 bits per heavy atom. The molecule has 0 aromatic heterocycles. The molecule has 0 heterocycles. The van der Waals surface area contributed by atoms with Gasteiger partial charge in [-0.3, -0.25) is 0 Å². The molecule has 0 saturated heterocycles. The van der Waals surface area contributed by atoms with Crippen molar-refractivity contribution >= 4 is 25.7 Å². The van der Waals surface area contributed by atoms with Crippen molar-refractivity contribution in [3.63, 3.8) is 0 Å². The summed E-state index contributed by atoms with van der Waals surface area (Å²) in [6.45, 7) is 11.7. The second-order valence-electron chi connectivity index (χ2n) is 8.89. The van der Waals surface area contributed by atoms with Gasteiger partial charge < -0.3 is 12.4 Å². The lowest BCUT2D eigenvalue weighted by Gasteiger charge is -2.28. The first-order chi connectivity index (χ1) is 11.9. The lowest BCUT2D eigenvalue weighted by Crippen LogP contribution is -3.00. The van der Waals surface area contributed by atoms with Crippen molar-refractivity contribution in [1.29, 1.82) is 0 Å². The number of halogens is 2. The van der Waals surface area contributed by atoms with E-state index >= 15 is 0 Å². The average Bonchev–Trinajstić information content (AvgIpc) is 2.57. The van der Waals surface area contributed by atoms with E-state index in [4.69, 9.17) is 11.1 Å². The normalized spacial score (nSPS) is 12.2. The van der Waals surface area contributed by atoms with Gasteiger partial charge in [0.1, 0.15) is 7.38 Å². The zero-order valence-corrected chi connectivity index (χ0v) is 22.1. The first-order valence-corrected chi connectivity index (χ1v) is 18.2. The van der Waals surface area contributed by atoms with Crippen LogP contribution in [-0.2, 0) is 0 Å². The molecule has 0 aliphatic rings.